The third-order valence-electron chi connectivity index (χ3n) is 5.76. The number of hydrogen-bond acceptors (Lipinski definition) is 8. The van der Waals surface area contributed by atoms with Gasteiger partial charge in [-0.05, 0) is 37.8 Å². The van der Waals surface area contributed by atoms with Gasteiger partial charge in [0.15, 0.2) is 6.19 Å². The number of ether oxygens (including phenoxy) is 1. The van der Waals surface area contributed by atoms with Crippen molar-refractivity contribution in [2.75, 3.05) is 57.1 Å². The van der Waals surface area contributed by atoms with E-state index in [1.165, 1.54) is 25.7 Å². The number of anilines is 1. The molecule has 0 bridgehead atoms. The molecule has 2 heterocycles. The Morgan fingerprint density at radius 2 is 2.03 bits per heavy atom. The van der Waals surface area contributed by atoms with Gasteiger partial charge in [-0.2, -0.15) is 5.26 Å². The van der Waals surface area contributed by atoms with Crippen molar-refractivity contribution in [3.05, 3.63) is 24.5 Å². The zero-order valence-electron chi connectivity index (χ0n) is 19.5. The monoisotopic (exact) mass is 475 g/mol. The summed E-state index contributed by atoms with van der Waals surface area (Å²) in [7, 11) is 0. The lowest BCUT2D eigenvalue weighted by Crippen LogP contribution is -2.39. The second kappa shape index (κ2) is 15.9. The Hall–Kier alpha value is -1.90. The normalized spacial score (nSPS) is 17.9. The highest BCUT2D eigenvalue weighted by atomic mass is 32.2. The van der Waals surface area contributed by atoms with E-state index >= 15 is 0 Å². The van der Waals surface area contributed by atoms with Crippen molar-refractivity contribution < 1.29 is 9.57 Å². The number of aliphatic imine (C=N–C) groups is 1. The average Bonchev–Trinajstić information content (AvgIpc) is 3.38. The summed E-state index contributed by atoms with van der Waals surface area (Å²) >= 11 is 1.84. The average molecular weight is 476 g/mol. The molecule has 33 heavy (non-hydrogen) atoms. The molecule has 1 aliphatic heterocycles. The topological polar surface area (TPSA) is 98.0 Å². The van der Waals surface area contributed by atoms with Gasteiger partial charge in [0.05, 0.1) is 19.8 Å². The molecule has 0 radical (unpaired) electrons. The lowest BCUT2D eigenvalue weighted by molar-refractivity contribution is -0.110. The molecule has 1 aliphatic carbocycles. The van der Waals surface area contributed by atoms with E-state index in [1.54, 1.807) is 12.4 Å². The first-order chi connectivity index (χ1) is 16.3. The van der Waals surface area contributed by atoms with Gasteiger partial charge < -0.3 is 10.1 Å². The Labute approximate surface area is 202 Å². The Kier molecular flexibility index (Phi) is 12.4. The van der Waals surface area contributed by atoms with Crippen LogP contribution in [0, 0.1) is 11.5 Å². The van der Waals surface area contributed by atoms with Gasteiger partial charge in [-0.25, -0.2) is 0 Å². The molecule has 1 saturated heterocycles. The van der Waals surface area contributed by atoms with Crippen LogP contribution in [0.4, 0.5) is 5.69 Å². The molecular weight excluding hydrogens is 438 g/mol. The van der Waals surface area contributed by atoms with Crippen molar-refractivity contribution in [3.63, 3.8) is 0 Å². The summed E-state index contributed by atoms with van der Waals surface area (Å²) in [4.78, 5) is 17.1. The Bertz CT molecular complexity index is 719. The zero-order chi connectivity index (χ0) is 23.0. The molecule has 10 heteroatoms. The minimum Gasteiger partial charge on any atom is -0.379 e. The van der Waals surface area contributed by atoms with Crippen LogP contribution in [0.15, 0.2) is 29.5 Å². The second-order valence-corrected chi connectivity index (χ2v) is 9.26. The van der Waals surface area contributed by atoms with Gasteiger partial charge >= 0.3 is 0 Å². The van der Waals surface area contributed by atoms with E-state index in [4.69, 9.17) is 14.8 Å². The first-order valence-corrected chi connectivity index (χ1v) is 13.0. The van der Waals surface area contributed by atoms with Gasteiger partial charge in [0, 0.05) is 56.1 Å². The lowest BCUT2D eigenvalue weighted by Gasteiger charge is -2.30. The maximum absolute atomic E-state index is 8.94. The molecule has 9 nitrogen and oxygen atoms in total. The fraction of sp³-hybridized carbons (Fsp3) is 0.696. The highest BCUT2D eigenvalue weighted by molar-refractivity contribution is 7.96. The minimum atomic E-state index is 0.471. The lowest BCUT2D eigenvalue weighted by atomic mass is 10.2. The summed E-state index contributed by atoms with van der Waals surface area (Å²) in [5.41, 5.74) is 0.850. The molecule has 3 rings (SSSR count). The van der Waals surface area contributed by atoms with Crippen LogP contribution in [0.1, 0.15) is 44.9 Å². The summed E-state index contributed by atoms with van der Waals surface area (Å²) in [5, 5.41) is 14.7. The fourth-order valence-electron chi connectivity index (χ4n) is 3.92. The van der Waals surface area contributed by atoms with Gasteiger partial charge in [0.25, 0.3) is 0 Å². The molecule has 0 atom stereocenters. The van der Waals surface area contributed by atoms with Crippen molar-refractivity contribution in [1.29, 1.82) is 5.26 Å². The number of pyridine rings is 1. The van der Waals surface area contributed by atoms with E-state index in [-0.39, 0.29) is 0 Å². The number of nitrogens with one attached hydrogen (secondary N) is 2. The highest BCUT2D eigenvalue weighted by Gasteiger charge is 2.24. The van der Waals surface area contributed by atoms with Gasteiger partial charge in [0.1, 0.15) is 0 Å². The van der Waals surface area contributed by atoms with E-state index in [1.807, 2.05) is 30.3 Å². The van der Waals surface area contributed by atoms with Crippen molar-refractivity contribution in [2.24, 2.45) is 4.99 Å². The molecule has 0 amide bonds. The van der Waals surface area contributed by atoms with Gasteiger partial charge in [-0.1, -0.05) is 31.2 Å². The van der Waals surface area contributed by atoms with Crippen LogP contribution in [0.25, 0.3) is 0 Å². The molecule has 2 aliphatic rings. The summed E-state index contributed by atoms with van der Waals surface area (Å²) in [5.74, 6) is 1.52. The van der Waals surface area contributed by atoms with Crippen LogP contribution in [0.5, 0.6) is 0 Å². The second-order valence-electron chi connectivity index (χ2n) is 8.23. The molecule has 0 unspecified atom stereocenters. The summed E-state index contributed by atoms with van der Waals surface area (Å²) in [6.07, 6.45) is 13.6. The van der Waals surface area contributed by atoms with E-state index in [0.29, 0.717) is 18.5 Å². The number of nitrogens with zero attached hydrogens (tertiary/aromatic N) is 5. The summed E-state index contributed by atoms with van der Waals surface area (Å²) in [6, 6.07) is 4.22. The molecular formula is C23H37N7O2S. The predicted molar refractivity (Wildman–Crippen MR) is 133 cm³/mol. The Morgan fingerprint density at radius 1 is 1.24 bits per heavy atom. The van der Waals surface area contributed by atoms with Crippen LogP contribution in [-0.4, -0.2) is 78.1 Å². The quantitative estimate of drug-likeness (QED) is 0.0847. The number of guanidine groups is 1. The third-order valence-corrected chi connectivity index (χ3v) is 6.89. The molecule has 1 aromatic rings. The molecule has 1 aromatic heterocycles. The van der Waals surface area contributed by atoms with Crippen molar-refractivity contribution >= 4 is 23.6 Å². The molecule has 182 valence electrons. The molecule has 0 spiro atoms. The zero-order valence-corrected chi connectivity index (χ0v) is 20.3. The van der Waals surface area contributed by atoms with Gasteiger partial charge in [-0.3, -0.25) is 25.0 Å². The number of hydroxylamine groups is 1. The number of aromatic nitrogens is 1. The first kappa shape index (κ1) is 25.7. The van der Waals surface area contributed by atoms with Crippen LogP contribution in [0.3, 0.4) is 0 Å². The smallest absolute Gasteiger partial charge is 0.209 e. The van der Waals surface area contributed by atoms with Crippen LogP contribution >= 0.6 is 11.9 Å². The van der Waals surface area contributed by atoms with Crippen molar-refractivity contribution in [3.8, 4) is 6.19 Å². The molecule has 2 fully saturated rings. The maximum atomic E-state index is 8.94. The largest absolute Gasteiger partial charge is 0.379 e. The van der Waals surface area contributed by atoms with Crippen LogP contribution in [0.2, 0.25) is 0 Å². The van der Waals surface area contributed by atoms with Gasteiger partial charge in [-0.15, -0.1) is 4.47 Å². The van der Waals surface area contributed by atoms with E-state index in [2.05, 4.69) is 30.0 Å². The van der Waals surface area contributed by atoms with Crippen LogP contribution in [-0.2, 0) is 9.57 Å². The number of hydrogen-bond donors (Lipinski definition) is 2. The predicted octanol–water partition coefficient (Wildman–Crippen LogP) is 3.25. The fourth-order valence-corrected chi connectivity index (χ4v) is 5.00. The summed E-state index contributed by atoms with van der Waals surface area (Å²) in [6.45, 7) is 6.07. The molecule has 2 N–H and O–H groups in total. The van der Waals surface area contributed by atoms with Crippen LogP contribution < -0.4 is 10.6 Å². The summed E-state index contributed by atoms with van der Waals surface area (Å²) < 4.78 is 7.62. The van der Waals surface area contributed by atoms with E-state index in [0.717, 1.165) is 70.2 Å². The highest BCUT2D eigenvalue weighted by Crippen LogP contribution is 2.29. The van der Waals surface area contributed by atoms with E-state index in [9.17, 15) is 0 Å². The van der Waals surface area contributed by atoms with Crippen molar-refractivity contribution in [1.82, 2.24) is 19.7 Å². The maximum Gasteiger partial charge on any atom is 0.209 e. The Morgan fingerprint density at radius 3 is 2.79 bits per heavy atom. The Balaban J connectivity index is 1.31. The first-order valence-electron chi connectivity index (χ1n) is 12.1. The number of morpholine rings is 1. The molecule has 1 saturated carbocycles. The minimum absolute atomic E-state index is 0.471. The number of rotatable bonds is 13. The number of nitriles is 1. The SMILES string of the molecule is N#CNC(=NCCCCCSN(OCCN1CCOCC1)C1CCCC1)Nc1ccncc1. The number of unbranched alkanes of at least 4 members (excludes halogenated alkanes) is 2. The van der Waals surface area contributed by atoms with Gasteiger partial charge in [0.2, 0.25) is 5.96 Å². The standard InChI is InChI=1S/C23H37N7O2S/c24-20-27-23(28-21-8-11-25-12-9-21)26-10-4-1-5-19-33-30(22-6-2-3-7-22)32-18-15-29-13-16-31-17-14-29/h8-9,11-12,22H,1-7,10,13-19H2,(H2,25,26,27,28). The van der Waals surface area contributed by atoms with E-state index < -0.39 is 0 Å². The van der Waals surface area contributed by atoms with Crippen molar-refractivity contribution in [2.45, 2.75) is 51.0 Å². The molecule has 0 aromatic carbocycles. The third kappa shape index (κ3) is 10.3.